The second kappa shape index (κ2) is 8.09. The van der Waals surface area contributed by atoms with Crippen molar-refractivity contribution in [3.8, 4) is 0 Å². The number of pyridine rings is 1. The largest absolute Gasteiger partial charge is 0.380 e. The van der Waals surface area contributed by atoms with E-state index >= 15 is 0 Å². The molecule has 0 spiro atoms. The van der Waals surface area contributed by atoms with Gasteiger partial charge in [0.05, 0.1) is 24.5 Å². The molecular weight excluding hydrogens is 354 g/mol. The van der Waals surface area contributed by atoms with Gasteiger partial charge in [0, 0.05) is 31.1 Å². The molecule has 3 N–H and O–H groups in total. The highest BCUT2D eigenvalue weighted by Crippen LogP contribution is 2.28. The minimum Gasteiger partial charge on any atom is -0.380 e. The van der Waals surface area contributed by atoms with Crippen LogP contribution in [0, 0.1) is 5.53 Å². The Hall–Kier alpha value is -2.74. The van der Waals surface area contributed by atoms with Gasteiger partial charge in [0.15, 0.2) is 0 Å². The van der Waals surface area contributed by atoms with Crippen molar-refractivity contribution in [3.05, 3.63) is 63.1 Å². The number of aromatic amines is 1. The van der Waals surface area contributed by atoms with Crippen LogP contribution in [0.3, 0.4) is 0 Å². The smallest absolute Gasteiger partial charge is 0.285 e. The van der Waals surface area contributed by atoms with Crippen molar-refractivity contribution in [2.75, 3.05) is 18.0 Å². The van der Waals surface area contributed by atoms with Gasteiger partial charge in [0.25, 0.3) is 5.56 Å². The summed E-state index contributed by atoms with van der Waals surface area (Å²) in [5, 5.41) is 13.4. The Balaban J connectivity index is 1.82. The minimum absolute atomic E-state index is 0.0996. The molecule has 1 aliphatic rings. The van der Waals surface area contributed by atoms with Crippen LogP contribution in [-0.4, -0.2) is 28.3 Å². The van der Waals surface area contributed by atoms with E-state index < -0.39 is 5.56 Å². The highest BCUT2D eigenvalue weighted by atomic mass is 35.5. The Morgan fingerprint density at radius 3 is 3.04 bits per heavy atom. The molecule has 9 heteroatoms. The van der Waals surface area contributed by atoms with Crippen LogP contribution in [0.2, 0.25) is 5.02 Å². The maximum Gasteiger partial charge on any atom is 0.285 e. The van der Waals surface area contributed by atoms with Gasteiger partial charge in [-0.05, 0) is 18.1 Å². The summed E-state index contributed by atoms with van der Waals surface area (Å²) < 4.78 is 0. The van der Waals surface area contributed by atoms with E-state index in [-0.39, 0.29) is 11.1 Å². The summed E-state index contributed by atoms with van der Waals surface area (Å²) in [6.07, 6.45) is 6.66. The topological polar surface area (TPSA) is 110 Å². The number of anilines is 1. The van der Waals surface area contributed by atoms with E-state index in [1.807, 2.05) is 23.2 Å². The van der Waals surface area contributed by atoms with E-state index in [2.05, 4.69) is 32.5 Å². The number of hydrogen-bond donors (Lipinski definition) is 3. The van der Waals surface area contributed by atoms with E-state index in [0.717, 1.165) is 17.7 Å². The number of halogens is 1. The number of H-pyrrole nitrogens is 1. The molecule has 0 amide bonds. The highest BCUT2D eigenvalue weighted by Gasteiger charge is 2.24. The summed E-state index contributed by atoms with van der Waals surface area (Å²) in [5.41, 5.74) is 10.3. The molecule has 0 aliphatic carbocycles. The van der Waals surface area contributed by atoms with Gasteiger partial charge in [-0.2, -0.15) is 10.2 Å². The molecule has 0 fully saturated rings. The Kier molecular flexibility index (Phi) is 5.62. The summed E-state index contributed by atoms with van der Waals surface area (Å²) in [4.78, 5) is 17.8. The van der Waals surface area contributed by atoms with E-state index in [0.29, 0.717) is 30.9 Å². The fourth-order valence-electron chi connectivity index (χ4n) is 3.02. The first-order valence-electron chi connectivity index (χ1n) is 8.38. The lowest BCUT2D eigenvalue weighted by molar-refractivity contribution is 0.541. The Bertz CT molecular complexity index is 865. The summed E-state index contributed by atoms with van der Waals surface area (Å²) in [7, 11) is 0. The van der Waals surface area contributed by atoms with Crippen molar-refractivity contribution >= 4 is 17.3 Å². The minimum atomic E-state index is -0.427. The zero-order chi connectivity index (χ0) is 18.5. The molecule has 0 saturated carbocycles. The van der Waals surface area contributed by atoms with Gasteiger partial charge < -0.3 is 10.2 Å². The number of rotatable bonds is 6. The molecule has 0 unspecified atom stereocenters. The third-order valence-corrected chi connectivity index (χ3v) is 4.78. The third-order valence-electron chi connectivity index (χ3n) is 4.42. The van der Waals surface area contributed by atoms with Crippen LogP contribution < -0.4 is 15.8 Å². The van der Waals surface area contributed by atoms with Gasteiger partial charge in [-0.25, -0.2) is 10.6 Å². The molecule has 0 radical (unpaired) electrons. The molecule has 2 aromatic heterocycles. The highest BCUT2D eigenvalue weighted by molar-refractivity contribution is 6.33. The first-order chi connectivity index (χ1) is 12.6. The number of nitrogens with one attached hydrogen (secondary N) is 3. The van der Waals surface area contributed by atoms with Gasteiger partial charge in [0.1, 0.15) is 10.7 Å². The van der Waals surface area contributed by atoms with Gasteiger partial charge in [-0.3, -0.25) is 9.78 Å². The van der Waals surface area contributed by atoms with Crippen molar-refractivity contribution in [1.82, 2.24) is 20.5 Å². The Morgan fingerprint density at radius 1 is 1.50 bits per heavy atom. The zero-order valence-corrected chi connectivity index (χ0v) is 15.1. The van der Waals surface area contributed by atoms with E-state index in [9.17, 15) is 4.79 Å². The van der Waals surface area contributed by atoms with Gasteiger partial charge in [0.2, 0.25) is 0 Å². The third kappa shape index (κ3) is 3.75. The van der Waals surface area contributed by atoms with Crippen LogP contribution in [-0.2, 0) is 0 Å². The maximum absolute atomic E-state index is 11.7. The fraction of sp³-hybridized carbons (Fsp3) is 0.353. The second-order valence-corrected chi connectivity index (χ2v) is 6.38. The molecule has 2 aromatic rings. The van der Waals surface area contributed by atoms with Gasteiger partial charge >= 0.3 is 0 Å². The summed E-state index contributed by atoms with van der Waals surface area (Å²) >= 11 is 6.10. The van der Waals surface area contributed by atoms with Crippen molar-refractivity contribution in [3.63, 3.8) is 0 Å². The first kappa shape index (κ1) is 18.1. The molecule has 1 atom stereocenters. The van der Waals surface area contributed by atoms with Crippen molar-refractivity contribution in [2.24, 2.45) is 5.11 Å². The Morgan fingerprint density at radius 2 is 2.35 bits per heavy atom. The van der Waals surface area contributed by atoms with Crippen LogP contribution in [0.5, 0.6) is 0 Å². The molecule has 0 saturated heterocycles. The van der Waals surface area contributed by atoms with Crippen LogP contribution in [0.15, 0.2) is 52.0 Å². The molecule has 0 aromatic carbocycles. The van der Waals surface area contributed by atoms with E-state index in [4.69, 9.17) is 17.1 Å². The number of hydrogen-bond acceptors (Lipinski definition) is 7. The molecule has 8 nitrogen and oxygen atoms in total. The van der Waals surface area contributed by atoms with Crippen LogP contribution in [0.1, 0.15) is 31.4 Å². The molecule has 3 rings (SSSR count). The summed E-state index contributed by atoms with van der Waals surface area (Å²) in [6.45, 7) is 3.13. The lowest BCUT2D eigenvalue weighted by Gasteiger charge is -2.32. The summed E-state index contributed by atoms with van der Waals surface area (Å²) in [6, 6.07) is 4.05. The standard InChI is InChI=1S/C17H20ClN7O/c1-2-12(11-4-3-6-20-8-11)22-13-5-7-25(10-14(13)23-19)15-9-21-24-17(26)16(15)18/h3-4,6,8-9,12,19,22H,2,5,7,10H2,1H3,(H,24,26)/t12-/m1/s1. The van der Waals surface area contributed by atoms with Gasteiger partial charge in [-0.1, -0.05) is 24.6 Å². The molecule has 136 valence electrons. The van der Waals surface area contributed by atoms with Crippen molar-refractivity contribution in [1.29, 1.82) is 5.53 Å². The Labute approximate surface area is 155 Å². The SMILES string of the molecule is CC[C@@H](NC1=C(N=N)CN(c2cn[nH]c(=O)c2Cl)CC1)c1cccnc1. The van der Waals surface area contributed by atoms with Crippen LogP contribution in [0.25, 0.3) is 0 Å². The average Bonchev–Trinajstić information content (AvgIpc) is 2.69. The monoisotopic (exact) mass is 373 g/mol. The predicted molar refractivity (Wildman–Crippen MR) is 99.3 cm³/mol. The van der Waals surface area contributed by atoms with Crippen molar-refractivity contribution < 1.29 is 0 Å². The molecular formula is C17H20ClN7O. The number of aromatic nitrogens is 3. The molecule has 3 heterocycles. The number of nitrogens with zero attached hydrogens (tertiary/aromatic N) is 4. The molecule has 26 heavy (non-hydrogen) atoms. The molecule has 0 bridgehead atoms. The normalized spacial score (nSPS) is 15.7. The van der Waals surface area contributed by atoms with Crippen LogP contribution >= 0.6 is 11.6 Å². The lowest BCUT2D eigenvalue weighted by Crippen LogP contribution is -2.36. The fourth-order valence-corrected chi connectivity index (χ4v) is 3.23. The molecule has 1 aliphatic heterocycles. The lowest BCUT2D eigenvalue weighted by atomic mass is 10.0. The van der Waals surface area contributed by atoms with Crippen LogP contribution in [0.4, 0.5) is 5.69 Å². The predicted octanol–water partition coefficient (Wildman–Crippen LogP) is 3.01. The van der Waals surface area contributed by atoms with E-state index in [1.165, 1.54) is 6.20 Å². The second-order valence-electron chi connectivity index (χ2n) is 6.00. The average molecular weight is 374 g/mol. The first-order valence-corrected chi connectivity index (χ1v) is 8.76. The summed E-state index contributed by atoms with van der Waals surface area (Å²) in [5.74, 6) is 0. The quantitative estimate of drug-likeness (QED) is 0.674. The zero-order valence-electron chi connectivity index (χ0n) is 14.4. The van der Waals surface area contributed by atoms with Crippen molar-refractivity contribution in [2.45, 2.75) is 25.8 Å². The van der Waals surface area contributed by atoms with E-state index in [1.54, 1.807) is 6.20 Å². The van der Waals surface area contributed by atoms with Gasteiger partial charge in [-0.15, -0.1) is 0 Å². The maximum atomic E-state index is 11.7.